The van der Waals surface area contributed by atoms with Crippen LogP contribution < -0.4 is 15.4 Å². The number of amides is 1. The molecule has 0 aliphatic carbocycles. The van der Waals surface area contributed by atoms with E-state index in [9.17, 15) is 4.79 Å². The number of hydrogen-bond donors (Lipinski definition) is 2. The van der Waals surface area contributed by atoms with Gasteiger partial charge in [-0.15, -0.1) is 0 Å². The fraction of sp³-hybridized carbons (Fsp3) is 0.562. The van der Waals surface area contributed by atoms with Crippen molar-refractivity contribution in [3.8, 4) is 5.75 Å². The second kappa shape index (κ2) is 7.29. The van der Waals surface area contributed by atoms with E-state index in [1.807, 2.05) is 12.1 Å². The maximum Gasteiger partial charge on any atom is 0.237 e. The van der Waals surface area contributed by atoms with Crippen molar-refractivity contribution in [3.05, 3.63) is 29.8 Å². The molecule has 1 fully saturated rings. The molecule has 4 heteroatoms. The molecule has 2 unspecified atom stereocenters. The Labute approximate surface area is 120 Å². The number of carbonyl (C=O) groups is 1. The van der Waals surface area contributed by atoms with Crippen molar-refractivity contribution in [1.82, 2.24) is 10.6 Å². The molecule has 0 saturated carbocycles. The van der Waals surface area contributed by atoms with Crippen molar-refractivity contribution in [3.63, 3.8) is 0 Å². The SMILES string of the molecule is COc1ccc(CCC(C)NC(=O)C2CCCN2)cc1. The first-order valence-electron chi connectivity index (χ1n) is 7.35. The molecule has 1 aliphatic heterocycles. The van der Waals surface area contributed by atoms with E-state index >= 15 is 0 Å². The van der Waals surface area contributed by atoms with Crippen LogP contribution in [0.25, 0.3) is 0 Å². The summed E-state index contributed by atoms with van der Waals surface area (Å²) in [5.41, 5.74) is 1.27. The lowest BCUT2D eigenvalue weighted by Crippen LogP contribution is -2.44. The Morgan fingerprint density at radius 2 is 2.20 bits per heavy atom. The molecule has 1 amide bonds. The summed E-state index contributed by atoms with van der Waals surface area (Å²) in [4.78, 5) is 12.0. The number of aryl methyl sites for hydroxylation is 1. The van der Waals surface area contributed by atoms with E-state index in [2.05, 4.69) is 29.7 Å². The molecule has 1 aliphatic rings. The second-order valence-corrected chi connectivity index (χ2v) is 5.45. The molecule has 1 saturated heterocycles. The Kier molecular flexibility index (Phi) is 5.41. The number of ether oxygens (including phenoxy) is 1. The molecule has 0 spiro atoms. The van der Waals surface area contributed by atoms with E-state index in [4.69, 9.17) is 4.74 Å². The van der Waals surface area contributed by atoms with Crippen LogP contribution in [0, 0.1) is 0 Å². The van der Waals surface area contributed by atoms with Gasteiger partial charge in [0.15, 0.2) is 0 Å². The first kappa shape index (κ1) is 14.9. The minimum atomic E-state index is 0.0124. The molecule has 0 bridgehead atoms. The maximum atomic E-state index is 12.0. The van der Waals surface area contributed by atoms with Gasteiger partial charge in [-0.3, -0.25) is 4.79 Å². The zero-order valence-electron chi connectivity index (χ0n) is 12.3. The van der Waals surface area contributed by atoms with Crippen LogP contribution in [0.1, 0.15) is 31.7 Å². The molecular weight excluding hydrogens is 252 g/mol. The van der Waals surface area contributed by atoms with Gasteiger partial charge in [0, 0.05) is 6.04 Å². The first-order valence-corrected chi connectivity index (χ1v) is 7.35. The lowest BCUT2D eigenvalue weighted by molar-refractivity contribution is -0.123. The summed E-state index contributed by atoms with van der Waals surface area (Å²) < 4.78 is 5.14. The largest absolute Gasteiger partial charge is 0.497 e. The van der Waals surface area contributed by atoms with Crippen LogP contribution in [0.5, 0.6) is 5.75 Å². The van der Waals surface area contributed by atoms with Crippen molar-refractivity contribution >= 4 is 5.91 Å². The average molecular weight is 276 g/mol. The molecular formula is C16H24N2O2. The molecule has 0 aromatic heterocycles. The zero-order valence-corrected chi connectivity index (χ0v) is 12.3. The van der Waals surface area contributed by atoms with E-state index in [0.29, 0.717) is 0 Å². The number of carbonyl (C=O) groups excluding carboxylic acids is 1. The van der Waals surface area contributed by atoms with Gasteiger partial charge < -0.3 is 15.4 Å². The Bertz CT molecular complexity index is 425. The average Bonchev–Trinajstić information content (AvgIpc) is 3.00. The van der Waals surface area contributed by atoms with E-state index < -0.39 is 0 Å². The predicted molar refractivity (Wildman–Crippen MR) is 79.9 cm³/mol. The minimum absolute atomic E-state index is 0.0124. The third-order valence-electron chi connectivity index (χ3n) is 3.79. The van der Waals surface area contributed by atoms with Gasteiger partial charge in [-0.2, -0.15) is 0 Å². The predicted octanol–water partition coefficient (Wildman–Crippen LogP) is 1.88. The van der Waals surface area contributed by atoms with Gasteiger partial charge in [0.1, 0.15) is 5.75 Å². The highest BCUT2D eigenvalue weighted by Crippen LogP contribution is 2.13. The highest BCUT2D eigenvalue weighted by Gasteiger charge is 2.22. The van der Waals surface area contributed by atoms with Crippen LogP contribution in [-0.4, -0.2) is 31.6 Å². The van der Waals surface area contributed by atoms with Gasteiger partial charge in [0.2, 0.25) is 5.91 Å². The van der Waals surface area contributed by atoms with Crippen LogP contribution in [0.2, 0.25) is 0 Å². The molecule has 2 rings (SSSR count). The van der Waals surface area contributed by atoms with Crippen molar-refractivity contribution in [2.75, 3.05) is 13.7 Å². The molecule has 110 valence electrons. The molecule has 0 radical (unpaired) electrons. The normalized spacial score (nSPS) is 19.6. The fourth-order valence-electron chi connectivity index (χ4n) is 2.50. The van der Waals surface area contributed by atoms with E-state index in [1.54, 1.807) is 7.11 Å². The summed E-state index contributed by atoms with van der Waals surface area (Å²) >= 11 is 0. The number of methoxy groups -OCH3 is 1. The Hall–Kier alpha value is -1.55. The summed E-state index contributed by atoms with van der Waals surface area (Å²) in [5.74, 6) is 1.02. The highest BCUT2D eigenvalue weighted by atomic mass is 16.5. The molecule has 2 N–H and O–H groups in total. The number of hydrogen-bond acceptors (Lipinski definition) is 3. The fourth-order valence-corrected chi connectivity index (χ4v) is 2.50. The zero-order chi connectivity index (χ0) is 14.4. The molecule has 4 nitrogen and oxygen atoms in total. The van der Waals surface area contributed by atoms with Crippen LogP contribution in [0.3, 0.4) is 0 Å². The standard InChI is InChI=1S/C16H24N2O2/c1-12(18-16(19)15-4-3-11-17-15)5-6-13-7-9-14(20-2)10-8-13/h7-10,12,15,17H,3-6,11H2,1-2H3,(H,18,19). The summed E-state index contributed by atoms with van der Waals surface area (Å²) in [5, 5.41) is 6.31. The first-order chi connectivity index (χ1) is 9.69. The minimum Gasteiger partial charge on any atom is -0.497 e. The van der Waals surface area contributed by atoms with Gasteiger partial charge >= 0.3 is 0 Å². The lowest BCUT2D eigenvalue weighted by Gasteiger charge is -2.17. The van der Waals surface area contributed by atoms with E-state index in [-0.39, 0.29) is 18.0 Å². The van der Waals surface area contributed by atoms with Gasteiger partial charge in [-0.05, 0) is 56.8 Å². The summed E-state index contributed by atoms with van der Waals surface area (Å²) in [7, 11) is 1.67. The number of nitrogens with one attached hydrogen (secondary N) is 2. The van der Waals surface area contributed by atoms with Gasteiger partial charge in [-0.25, -0.2) is 0 Å². The maximum absolute atomic E-state index is 12.0. The molecule has 20 heavy (non-hydrogen) atoms. The van der Waals surface area contributed by atoms with E-state index in [0.717, 1.165) is 38.0 Å². The van der Waals surface area contributed by atoms with Crippen LogP contribution in [0.15, 0.2) is 24.3 Å². The van der Waals surface area contributed by atoms with Crippen molar-refractivity contribution < 1.29 is 9.53 Å². The third-order valence-corrected chi connectivity index (χ3v) is 3.79. The smallest absolute Gasteiger partial charge is 0.237 e. The molecule has 1 aromatic rings. The quantitative estimate of drug-likeness (QED) is 0.834. The lowest BCUT2D eigenvalue weighted by atomic mass is 10.1. The van der Waals surface area contributed by atoms with Crippen molar-refractivity contribution in [1.29, 1.82) is 0 Å². The van der Waals surface area contributed by atoms with E-state index in [1.165, 1.54) is 5.56 Å². The number of benzene rings is 1. The second-order valence-electron chi connectivity index (χ2n) is 5.45. The summed E-state index contributed by atoms with van der Waals surface area (Å²) in [6.07, 6.45) is 3.96. The Morgan fingerprint density at radius 1 is 1.45 bits per heavy atom. The van der Waals surface area contributed by atoms with Crippen molar-refractivity contribution in [2.45, 2.75) is 44.7 Å². The molecule has 1 aromatic carbocycles. The van der Waals surface area contributed by atoms with Gasteiger partial charge in [-0.1, -0.05) is 12.1 Å². The Morgan fingerprint density at radius 3 is 2.80 bits per heavy atom. The molecule has 1 heterocycles. The monoisotopic (exact) mass is 276 g/mol. The third kappa shape index (κ3) is 4.23. The van der Waals surface area contributed by atoms with Crippen LogP contribution in [0.4, 0.5) is 0 Å². The molecule has 2 atom stereocenters. The van der Waals surface area contributed by atoms with Crippen LogP contribution >= 0.6 is 0 Å². The Balaban J connectivity index is 1.73. The summed E-state index contributed by atoms with van der Waals surface area (Å²) in [6.45, 7) is 3.02. The topological polar surface area (TPSA) is 50.4 Å². The highest BCUT2D eigenvalue weighted by molar-refractivity contribution is 5.82. The van der Waals surface area contributed by atoms with Gasteiger partial charge in [0.25, 0.3) is 0 Å². The van der Waals surface area contributed by atoms with Crippen molar-refractivity contribution in [2.24, 2.45) is 0 Å². The van der Waals surface area contributed by atoms with Crippen LogP contribution in [-0.2, 0) is 11.2 Å². The van der Waals surface area contributed by atoms with Gasteiger partial charge in [0.05, 0.1) is 13.2 Å². The summed E-state index contributed by atoms with van der Waals surface area (Å²) in [6, 6.07) is 8.31. The number of rotatable bonds is 6.